The number of allylic oxidation sites excluding steroid dienone is 2. The molecule has 0 spiro atoms. The van der Waals surface area contributed by atoms with Crippen LogP contribution in [0.2, 0.25) is 0 Å². The summed E-state index contributed by atoms with van der Waals surface area (Å²) in [5.41, 5.74) is 5.24. The zero-order valence-electron chi connectivity index (χ0n) is 16.6. The van der Waals surface area contributed by atoms with Crippen LogP contribution in [0.25, 0.3) is 10.8 Å². The molecule has 0 bridgehead atoms. The van der Waals surface area contributed by atoms with Crippen LogP contribution in [0.15, 0.2) is 65.9 Å². The summed E-state index contributed by atoms with van der Waals surface area (Å²) < 4.78 is 11.0. The molecule has 4 nitrogen and oxygen atoms in total. The predicted octanol–water partition coefficient (Wildman–Crippen LogP) is 5.42. The van der Waals surface area contributed by atoms with Crippen molar-refractivity contribution in [3.63, 3.8) is 0 Å². The number of fused-ring (bicyclic) bond motifs is 3. The predicted molar refractivity (Wildman–Crippen MR) is 115 cm³/mol. The van der Waals surface area contributed by atoms with E-state index < -0.39 is 0 Å². The summed E-state index contributed by atoms with van der Waals surface area (Å²) in [5, 5.41) is 5.92. The second-order valence-electron chi connectivity index (χ2n) is 7.59. The van der Waals surface area contributed by atoms with Crippen LogP contribution in [-0.2, 0) is 4.79 Å². The summed E-state index contributed by atoms with van der Waals surface area (Å²) in [6.07, 6.45) is 2.40. The highest BCUT2D eigenvalue weighted by Crippen LogP contribution is 2.49. The summed E-state index contributed by atoms with van der Waals surface area (Å²) in [5.74, 6) is 1.47. The third-order valence-corrected chi connectivity index (χ3v) is 6.03. The first-order chi connectivity index (χ1) is 14.2. The molecule has 0 amide bonds. The molecule has 1 aliphatic carbocycles. The van der Waals surface area contributed by atoms with Crippen LogP contribution < -0.4 is 14.8 Å². The Bertz CT molecular complexity index is 1160. The van der Waals surface area contributed by atoms with E-state index in [0.29, 0.717) is 17.9 Å². The van der Waals surface area contributed by atoms with Crippen molar-refractivity contribution in [2.75, 3.05) is 19.5 Å². The number of rotatable bonds is 3. The fourth-order valence-corrected chi connectivity index (χ4v) is 4.72. The molecule has 0 saturated carbocycles. The Morgan fingerprint density at radius 1 is 0.931 bits per heavy atom. The number of hydrogen-bond donors (Lipinski definition) is 1. The average molecular weight is 385 g/mol. The van der Waals surface area contributed by atoms with Crippen molar-refractivity contribution in [3.05, 3.63) is 77.0 Å². The van der Waals surface area contributed by atoms with Crippen molar-refractivity contribution < 1.29 is 14.3 Å². The smallest absolute Gasteiger partial charge is 0.161 e. The number of ketones is 1. The van der Waals surface area contributed by atoms with Crippen LogP contribution in [0.1, 0.15) is 36.3 Å². The Hall–Kier alpha value is -3.27. The van der Waals surface area contributed by atoms with Crippen molar-refractivity contribution >= 4 is 22.2 Å². The highest BCUT2D eigenvalue weighted by Gasteiger charge is 2.36. The number of anilines is 1. The minimum Gasteiger partial charge on any atom is -0.493 e. The highest BCUT2D eigenvalue weighted by atomic mass is 16.5. The molecular formula is C25H23NO3. The van der Waals surface area contributed by atoms with Gasteiger partial charge >= 0.3 is 0 Å². The number of benzene rings is 3. The topological polar surface area (TPSA) is 47.6 Å². The number of carbonyl (C=O) groups excluding carboxylic acids is 1. The molecule has 4 heteroatoms. The quantitative estimate of drug-likeness (QED) is 0.654. The summed E-state index contributed by atoms with van der Waals surface area (Å²) in [7, 11) is 3.28. The van der Waals surface area contributed by atoms with Crippen LogP contribution in [-0.4, -0.2) is 20.0 Å². The minimum absolute atomic E-state index is 0.125. The molecule has 0 aromatic heterocycles. The maximum Gasteiger partial charge on any atom is 0.161 e. The third kappa shape index (κ3) is 2.79. The van der Waals surface area contributed by atoms with Gasteiger partial charge in [0.05, 0.1) is 14.2 Å². The molecule has 0 radical (unpaired) electrons. The molecule has 5 rings (SSSR count). The van der Waals surface area contributed by atoms with E-state index in [0.717, 1.165) is 40.9 Å². The van der Waals surface area contributed by atoms with Gasteiger partial charge in [-0.05, 0) is 52.9 Å². The molecule has 1 heterocycles. The Morgan fingerprint density at radius 3 is 2.59 bits per heavy atom. The van der Waals surface area contributed by atoms with Gasteiger partial charge in [0, 0.05) is 29.3 Å². The van der Waals surface area contributed by atoms with Gasteiger partial charge in [-0.1, -0.05) is 36.4 Å². The van der Waals surface area contributed by atoms with Crippen molar-refractivity contribution in [2.45, 2.75) is 25.2 Å². The maximum atomic E-state index is 13.1. The summed E-state index contributed by atoms with van der Waals surface area (Å²) in [6, 6.07) is 18.6. The molecule has 1 N–H and O–H groups in total. The van der Waals surface area contributed by atoms with Gasteiger partial charge in [-0.2, -0.15) is 0 Å². The van der Waals surface area contributed by atoms with Gasteiger partial charge in [0.15, 0.2) is 17.3 Å². The first-order valence-electron chi connectivity index (χ1n) is 9.98. The maximum absolute atomic E-state index is 13.1. The number of carbonyl (C=O) groups is 1. The number of hydrogen-bond acceptors (Lipinski definition) is 4. The highest BCUT2D eigenvalue weighted by molar-refractivity contribution is 6.04. The minimum atomic E-state index is -0.125. The molecule has 1 aliphatic heterocycles. The zero-order valence-corrected chi connectivity index (χ0v) is 16.6. The molecule has 2 aliphatic rings. The van der Waals surface area contributed by atoms with Gasteiger partial charge in [0.1, 0.15) is 0 Å². The van der Waals surface area contributed by atoms with Crippen LogP contribution in [0.3, 0.4) is 0 Å². The van der Waals surface area contributed by atoms with E-state index in [1.165, 1.54) is 10.8 Å². The third-order valence-electron chi connectivity index (χ3n) is 6.03. The molecule has 0 unspecified atom stereocenters. The Balaban J connectivity index is 1.81. The molecule has 0 fully saturated rings. The number of Topliss-reactive ketones (excluding diaryl/α,β-unsaturated/α-hetero) is 1. The van der Waals surface area contributed by atoms with E-state index >= 15 is 0 Å². The van der Waals surface area contributed by atoms with Gasteiger partial charge in [-0.25, -0.2) is 0 Å². The molecule has 29 heavy (non-hydrogen) atoms. The molecule has 1 atom stereocenters. The van der Waals surface area contributed by atoms with Crippen LogP contribution in [0, 0.1) is 0 Å². The van der Waals surface area contributed by atoms with Gasteiger partial charge in [-0.3, -0.25) is 4.79 Å². The monoisotopic (exact) mass is 385 g/mol. The van der Waals surface area contributed by atoms with Crippen molar-refractivity contribution in [1.29, 1.82) is 0 Å². The van der Waals surface area contributed by atoms with Crippen LogP contribution in [0.4, 0.5) is 5.69 Å². The van der Waals surface area contributed by atoms with Crippen molar-refractivity contribution in [2.24, 2.45) is 0 Å². The van der Waals surface area contributed by atoms with Gasteiger partial charge < -0.3 is 14.8 Å². The Kier molecular flexibility index (Phi) is 4.27. The average Bonchev–Trinajstić information content (AvgIpc) is 2.77. The standard InChI is InChI=1S/C25H23NO3/c1-28-21-13-11-16(14-22(21)29-2)23-24-17-7-4-3-6-15(17)10-12-19(24)26-18-8-5-9-20(27)25(18)23/h3-4,6-7,10-14,23,26H,5,8-9H2,1-2H3/t23-/m1/s1. The second kappa shape index (κ2) is 6.96. The van der Waals surface area contributed by atoms with Gasteiger partial charge in [-0.15, -0.1) is 0 Å². The van der Waals surface area contributed by atoms with E-state index in [1.54, 1.807) is 14.2 Å². The lowest BCUT2D eigenvalue weighted by molar-refractivity contribution is -0.116. The number of nitrogens with one attached hydrogen (secondary N) is 1. The first-order valence-corrected chi connectivity index (χ1v) is 9.98. The Labute approximate surface area is 170 Å². The molecule has 3 aromatic rings. The molecular weight excluding hydrogens is 362 g/mol. The first kappa shape index (κ1) is 17.8. The lowest BCUT2D eigenvalue weighted by Gasteiger charge is -2.35. The normalized spacial score (nSPS) is 18.1. The zero-order chi connectivity index (χ0) is 20.0. The van der Waals surface area contributed by atoms with Gasteiger partial charge in [0.2, 0.25) is 0 Å². The second-order valence-corrected chi connectivity index (χ2v) is 7.59. The van der Waals surface area contributed by atoms with Crippen molar-refractivity contribution in [1.82, 2.24) is 0 Å². The van der Waals surface area contributed by atoms with E-state index in [-0.39, 0.29) is 11.7 Å². The molecule has 3 aromatic carbocycles. The Morgan fingerprint density at radius 2 is 1.76 bits per heavy atom. The van der Waals surface area contributed by atoms with E-state index in [9.17, 15) is 4.79 Å². The van der Waals surface area contributed by atoms with Crippen LogP contribution in [0.5, 0.6) is 11.5 Å². The summed E-state index contributed by atoms with van der Waals surface area (Å²) in [4.78, 5) is 13.1. The SMILES string of the molecule is COc1ccc([C@H]2C3=C(CCCC3=O)Nc3ccc4ccccc4c32)cc1OC. The number of ether oxygens (including phenoxy) is 2. The fraction of sp³-hybridized carbons (Fsp3) is 0.240. The van der Waals surface area contributed by atoms with Crippen molar-refractivity contribution in [3.8, 4) is 11.5 Å². The summed E-state index contributed by atoms with van der Waals surface area (Å²) in [6.45, 7) is 0. The largest absolute Gasteiger partial charge is 0.493 e. The lowest BCUT2D eigenvalue weighted by atomic mass is 9.74. The molecule has 0 saturated heterocycles. The van der Waals surface area contributed by atoms with E-state index in [4.69, 9.17) is 9.47 Å². The fourth-order valence-electron chi connectivity index (χ4n) is 4.72. The van der Waals surface area contributed by atoms with E-state index in [2.05, 4.69) is 41.7 Å². The van der Waals surface area contributed by atoms with Gasteiger partial charge in [0.25, 0.3) is 0 Å². The van der Waals surface area contributed by atoms with E-state index in [1.807, 2.05) is 18.2 Å². The lowest BCUT2D eigenvalue weighted by Crippen LogP contribution is -2.27. The summed E-state index contributed by atoms with van der Waals surface area (Å²) >= 11 is 0. The molecule has 146 valence electrons. The van der Waals surface area contributed by atoms with Crippen LogP contribution >= 0.6 is 0 Å². The number of methoxy groups -OCH3 is 2.